The first kappa shape index (κ1) is 17.5. The largest absolute Gasteiger partial charge is 0.351 e. The molecule has 2 aromatic heterocycles. The van der Waals surface area contributed by atoms with Gasteiger partial charge in [-0.2, -0.15) is 0 Å². The lowest BCUT2D eigenvalue weighted by atomic mass is 10.1. The summed E-state index contributed by atoms with van der Waals surface area (Å²) in [7, 11) is 1.87. The van der Waals surface area contributed by atoms with Crippen molar-refractivity contribution in [3.63, 3.8) is 0 Å². The van der Waals surface area contributed by atoms with E-state index < -0.39 is 17.2 Å². The molecular formula is C14H19N5O2S2. The first-order chi connectivity index (χ1) is 10.9. The molecule has 0 spiro atoms. The number of amides is 3. The van der Waals surface area contributed by atoms with Gasteiger partial charge < -0.3 is 10.3 Å². The summed E-state index contributed by atoms with van der Waals surface area (Å²) in [5.74, 6) is 0.421. The Hall–Kier alpha value is -1.87. The van der Waals surface area contributed by atoms with Gasteiger partial charge >= 0.3 is 6.03 Å². The number of urea groups is 1. The van der Waals surface area contributed by atoms with Gasteiger partial charge in [-0.05, 0) is 17.4 Å². The Morgan fingerprint density at radius 2 is 2.17 bits per heavy atom. The van der Waals surface area contributed by atoms with Gasteiger partial charge in [-0.1, -0.05) is 31.7 Å². The predicted octanol–water partition coefficient (Wildman–Crippen LogP) is 1.78. The quantitative estimate of drug-likeness (QED) is 0.771. The van der Waals surface area contributed by atoms with Gasteiger partial charge in [0.2, 0.25) is 5.91 Å². The van der Waals surface area contributed by atoms with E-state index in [9.17, 15) is 9.59 Å². The van der Waals surface area contributed by atoms with Crippen molar-refractivity contribution in [2.75, 3.05) is 0 Å². The standard InChI is InChI=1S/C14H19N5O2S2/c1-8(2)11(12(20)16-13(15)21)23-14-18-17-10(19(14)3)7-9-5-4-6-22-9/h4-6,8,11H,7H2,1-3H3,(H3,15,16,20,21)/t11-/m0/s1. The lowest BCUT2D eigenvalue weighted by Gasteiger charge is -2.18. The summed E-state index contributed by atoms with van der Waals surface area (Å²) < 4.78 is 1.87. The number of nitrogens with two attached hydrogens (primary N) is 1. The van der Waals surface area contributed by atoms with Gasteiger partial charge in [0.1, 0.15) is 5.82 Å². The first-order valence-corrected chi connectivity index (χ1v) is 8.82. The average molecular weight is 353 g/mol. The number of hydrogen-bond donors (Lipinski definition) is 2. The van der Waals surface area contributed by atoms with Crippen LogP contribution in [-0.4, -0.2) is 32.0 Å². The van der Waals surface area contributed by atoms with E-state index in [-0.39, 0.29) is 5.92 Å². The van der Waals surface area contributed by atoms with Gasteiger partial charge in [0.05, 0.1) is 5.25 Å². The molecule has 1 atom stereocenters. The maximum absolute atomic E-state index is 12.1. The van der Waals surface area contributed by atoms with E-state index in [0.717, 1.165) is 5.82 Å². The number of thiophene rings is 1. The van der Waals surface area contributed by atoms with Gasteiger partial charge in [-0.15, -0.1) is 21.5 Å². The van der Waals surface area contributed by atoms with Crippen LogP contribution < -0.4 is 11.1 Å². The van der Waals surface area contributed by atoms with Crippen molar-refractivity contribution in [2.24, 2.45) is 18.7 Å². The molecule has 2 rings (SSSR count). The zero-order chi connectivity index (χ0) is 17.0. The van der Waals surface area contributed by atoms with Crippen LogP contribution in [0, 0.1) is 5.92 Å². The number of carbonyl (C=O) groups excluding carboxylic acids is 2. The number of nitrogens with one attached hydrogen (secondary N) is 1. The summed E-state index contributed by atoms with van der Waals surface area (Å²) in [6, 6.07) is 3.19. The Morgan fingerprint density at radius 1 is 1.43 bits per heavy atom. The van der Waals surface area contributed by atoms with Crippen LogP contribution in [-0.2, 0) is 18.3 Å². The number of nitrogens with zero attached hydrogens (tertiary/aromatic N) is 3. The second-order valence-electron chi connectivity index (χ2n) is 5.35. The number of thioether (sulfide) groups is 1. The molecule has 0 saturated carbocycles. The molecule has 0 saturated heterocycles. The third kappa shape index (κ3) is 4.55. The van der Waals surface area contributed by atoms with Crippen LogP contribution in [0.5, 0.6) is 0 Å². The zero-order valence-electron chi connectivity index (χ0n) is 13.1. The van der Waals surface area contributed by atoms with Crippen molar-refractivity contribution in [1.82, 2.24) is 20.1 Å². The van der Waals surface area contributed by atoms with Crippen molar-refractivity contribution in [2.45, 2.75) is 30.7 Å². The van der Waals surface area contributed by atoms with E-state index in [1.165, 1.54) is 16.6 Å². The van der Waals surface area contributed by atoms with Crippen molar-refractivity contribution in [3.05, 3.63) is 28.2 Å². The smallest absolute Gasteiger partial charge is 0.318 e. The summed E-state index contributed by atoms with van der Waals surface area (Å²) in [5.41, 5.74) is 5.02. The zero-order valence-corrected chi connectivity index (χ0v) is 14.8. The molecule has 7 nitrogen and oxygen atoms in total. The SMILES string of the molecule is CC(C)[C@H](Sc1nnc(Cc2cccs2)n1C)C(=O)NC(N)=O. The predicted molar refractivity (Wildman–Crippen MR) is 90.3 cm³/mol. The van der Waals surface area contributed by atoms with E-state index in [4.69, 9.17) is 5.73 Å². The van der Waals surface area contributed by atoms with Gasteiger partial charge in [0.25, 0.3) is 0 Å². The van der Waals surface area contributed by atoms with Gasteiger partial charge in [-0.3, -0.25) is 10.1 Å². The fourth-order valence-electron chi connectivity index (χ4n) is 1.97. The van der Waals surface area contributed by atoms with Crippen LogP contribution in [0.15, 0.2) is 22.7 Å². The minimum absolute atomic E-state index is 0.0109. The Labute approximate surface area is 142 Å². The highest BCUT2D eigenvalue weighted by molar-refractivity contribution is 8.00. The summed E-state index contributed by atoms with van der Waals surface area (Å²) in [6.07, 6.45) is 0.696. The van der Waals surface area contributed by atoms with Crippen molar-refractivity contribution < 1.29 is 9.59 Å². The van der Waals surface area contributed by atoms with Crippen LogP contribution in [0.1, 0.15) is 24.5 Å². The highest BCUT2D eigenvalue weighted by atomic mass is 32.2. The van der Waals surface area contributed by atoms with Crippen LogP contribution in [0.25, 0.3) is 0 Å². The molecule has 0 unspecified atom stereocenters. The molecule has 0 aliphatic heterocycles. The molecule has 9 heteroatoms. The molecular weight excluding hydrogens is 334 g/mol. The molecule has 0 aliphatic rings. The van der Waals surface area contributed by atoms with Crippen LogP contribution in [0.3, 0.4) is 0 Å². The molecule has 2 heterocycles. The van der Waals surface area contributed by atoms with E-state index >= 15 is 0 Å². The number of imide groups is 1. The molecule has 3 N–H and O–H groups in total. The van der Waals surface area contributed by atoms with Crippen LogP contribution in [0.2, 0.25) is 0 Å². The molecule has 124 valence electrons. The molecule has 0 fully saturated rings. The molecule has 2 aromatic rings. The maximum Gasteiger partial charge on any atom is 0.318 e. The third-order valence-corrected chi connectivity index (χ3v) is 5.64. The van der Waals surface area contributed by atoms with Gasteiger partial charge in [0, 0.05) is 18.3 Å². The number of aromatic nitrogens is 3. The minimum atomic E-state index is -0.849. The van der Waals surface area contributed by atoms with E-state index in [0.29, 0.717) is 11.6 Å². The average Bonchev–Trinajstić information content (AvgIpc) is 3.07. The van der Waals surface area contributed by atoms with Crippen LogP contribution >= 0.6 is 23.1 Å². The maximum atomic E-state index is 12.1. The van der Waals surface area contributed by atoms with Crippen LogP contribution in [0.4, 0.5) is 4.79 Å². The van der Waals surface area contributed by atoms with Crippen molar-refractivity contribution in [3.8, 4) is 0 Å². The Bertz CT molecular complexity index is 681. The van der Waals surface area contributed by atoms with Crippen molar-refractivity contribution >= 4 is 35.0 Å². The van der Waals surface area contributed by atoms with E-state index in [1.54, 1.807) is 11.3 Å². The highest BCUT2D eigenvalue weighted by Gasteiger charge is 2.27. The Kier molecular flexibility index (Phi) is 5.78. The topological polar surface area (TPSA) is 103 Å². The highest BCUT2D eigenvalue weighted by Crippen LogP contribution is 2.27. The Morgan fingerprint density at radius 3 is 2.74 bits per heavy atom. The molecule has 0 bridgehead atoms. The molecule has 3 amide bonds. The second kappa shape index (κ2) is 7.60. The summed E-state index contributed by atoms with van der Waals surface area (Å²) in [4.78, 5) is 24.2. The molecule has 0 aliphatic carbocycles. The number of primary amides is 1. The van der Waals surface area contributed by atoms with E-state index in [2.05, 4.69) is 15.5 Å². The lowest BCUT2D eigenvalue weighted by molar-refractivity contribution is -0.120. The lowest BCUT2D eigenvalue weighted by Crippen LogP contribution is -2.42. The summed E-state index contributed by atoms with van der Waals surface area (Å²) >= 11 is 2.94. The van der Waals surface area contributed by atoms with Gasteiger partial charge in [-0.25, -0.2) is 4.79 Å². The minimum Gasteiger partial charge on any atom is -0.351 e. The Balaban J connectivity index is 2.13. The first-order valence-electron chi connectivity index (χ1n) is 7.06. The van der Waals surface area contributed by atoms with Crippen molar-refractivity contribution in [1.29, 1.82) is 0 Å². The number of carbonyl (C=O) groups is 2. The fraction of sp³-hybridized carbons (Fsp3) is 0.429. The summed E-state index contributed by atoms with van der Waals surface area (Å²) in [5, 5.41) is 12.7. The fourth-order valence-corrected chi connectivity index (χ4v) is 3.69. The number of rotatable bonds is 6. The summed E-state index contributed by atoms with van der Waals surface area (Å²) in [6.45, 7) is 3.81. The molecule has 0 radical (unpaired) electrons. The molecule has 0 aromatic carbocycles. The monoisotopic (exact) mass is 353 g/mol. The molecule has 23 heavy (non-hydrogen) atoms. The number of hydrogen-bond acceptors (Lipinski definition) is 6. The normalized spacial score (nSPS) is 12.3. The third-order valence-electron chi connectivity index (χ3n) is 3.18. The van der Waals surface area contributed by atoms with Gasteiger partial charge in [0.15, 0.2) is 5.16 Å². The second-order valence-corrected chi connectivity index (χ2v) is 7.49. The van der Waals surface area contributed by atoms with E-state index in [1.807, 2.05) is 43.0 Å².